The molecule has 2 atom stereocenters. The third-order valence-electron chi connectivity index (χ3n) is 11.6. The summed E-state index contributed by atoms with van der Waals surface area (Å²) in [5.74, 6) is -4.39. The fraction of sp³-hybridized carbons (Fsp3) is 0.130. The first-order valence-corrected chi connectivity index (χ1v) is 18.7. The third-order valence-corrected chi connectivity index (χ3v) is 11.6. The zero-order valence-corrected chi connectivity index (χ0v) is 31.1. The van der Waals surface area contributed by atoms with E-state index in [1.807, 2.05) is 48.5 Å². The summed E-state index contributed by atoms with van der Waals surface area (Å²) < 4.78 is 10.5. The summed E-state index contributed by atoms with van der Waals surface area (Å²) in [4.78, 5) is 98.1. The number of hydrogen-bond acceptors (Lipinski definition) is 8. The normalized spacial score (nSPS) is 19.7. The first-order valence-electron chi connectivity index (χ1n) is 18.7. The van der Waals surface area contributed by atoms with Crippen LogP contribution in [0.1, 0.15) is 43.2 Å². The first kappa shape index (κ1) is 34.9. The molecule has 0 saturated carbocycles. The minimum atomic E-state index is -1.24. The number of nitrogens with zero attached hydrogens (tertiary/aromatic N) is 2. The van der Waals surface area contributed by atoms with Crippen molar-refractivity contribution in [1.29, 1.82) is 0 Å². The van der Waals surface area contributed by atoms with Crippen LogP contribution in [0.15, 0.2) is 131 Å². The van der Waals surface area contributed by atoms with Crippen molar-refractivity contribution in [2.24, 2.45) is 0 Å². The largest absolute Gasteiger partial charge is 0.467 e. The van der Waals surface area contributed by atoms with Gasteiger partial charge in [-0.3, -0.25) is 29.0 Å². The second kappa shape index (κ2) is 13.0. The molecular formula is C46H32N4O8. The average Bonchev–Trinajstić information content (AvgIpc) is 4.00. The zero-order chi connectivity index (χ0) is 40.0. The molecule has 284 valence electrons. The Kier molecular flexibility index (Phi) is 7.80. The lowest BCUT2D eigenvalue weighted by atomic mass is 9.86. The van der Waals surface area contributed by atoms with Crippen LogP contribution in [0.4, 0.5) is 0 Å². The SMILES string of the molecule is COC(=O)[C@@H]1Cc2c([nH]c3ccccc23)C2=C(C(=O)c3ccccc3)/C(=C3\C(=O)N4C(=C3C(=O)c3ccccc3)c3[nH]c5ccccc5c3C[C@H]4C(=O)OC)C(=O)N21. The van der Waals surface area contributed by atoms with Crippen molar-refractivity contribution in [2.75, 3.05) is 14.2 Å². The Balaban J connectivity index is 1.36. The molecule has 2 N–H and O–H groups in total. The molecule has 0 saturated heterocycles. The fourth-order valence-electron chi connectivity index (χ4n) is 9.04. The Hall–Kier alpha value is -7.60. The van der Waals surface area contributed by atoms with Gasteiger partial charge in [0.2, 0.25) is 0 Å². The standard InChI is InChI=1S/C46H32N4O8/c1-57-45(55)31-21-27-25-17-9-11-19-29(25)47-37(27)39-35(41(51)23-13-5-3-6-14-23)33(43(53)49(31)39)34-36(42(52)24-15-7-4-8-16-24)40-38-28(26-18-10-12-20-30(26)48-38)22-32(46(56)58-2)50(40)44(34)54/h3-20,31-32,47-48H,21-22H2,1-2H3/b34-33+/t31-,32-/m0/s1. The molecular weight excluding hydrogens is 737 g/mol. The van der Waals surface area contributed by atoms with Gasteiger partial charge >= 0.3 is 11.9 Å². The van der Waals surface area contributed by atoms with Crippen molar-refractivity contribution in [3.05, 3.63) is 165 Å². The Labute approximate surface area is 330 Å². The molecule has 6 heterocycles. The molecule has 4 aliphatic heterocycles. The van der Waals surface area contributed by atoms with E-state index in [4.69, 9.17) is 9.47 Å². The number of benzene rings is 4. The summed E-state index contributed by atoms with van der Waals surface area (Å²) in [6.45, 7) is 0. The van der Waals surface area contributed by atoms with Crippen LogP contribution < -0.4 is 0 Å². The maximum Gasteiger partial charge on any atom is 0.329 e. The molecule has 12 heteroatoms. The van der Waals surface area contributed by atoms with E-state index in [0.29, 0.717) is 33.5 Å². The molecule has 0 bridgehead atoms. The number of Topliss-reactive ketones (excluding diaryl/α,β-unsaturated/α-hetero) is 2. The monoisotopic (exact) mass is 768 g/mol. The summed E-state index contributed by atoms with van der Waals surface area (Å²) >= 11 is 0. The number of carbonyl (C=O) groups is 6. The average molecular weight is 769 g/mol. The van der Waals surface area contributed by atoms with Crippen molar-refractivity contribution in [1.82, 2.24) is 19.8 Å². The summed E-state index contributed by atoms with van der Waals surface area (Å²) in [5, 5.41) is 1.56. The number of para-hydroxylation sites is 2. The van der Waals surface area contributed by atoms with Crippen LogP contribution in [0.2, 0.25) is 0 Å². The topological polar surface area (TPSA) is 159 Å². The number of fused-ring (bicyclic) bond motifs is 10. The maximum atomic E-state index is 15.5. The van der Waals surface area contributed by atoms with E-state index in [-0.39, 0.29) is 57.7 Å². The summed E-state index contributed by atoms with van der Waals surface area (Å²) in [5.41, 5.74) is 3.09. The van der Waals surface area contributed by atoms with E-state index in [9.17, 15) is 9.59 Å². The summed E-state index contributed by atoms with van der Waals surface area (Å²) in [6.07, 6.45) is 0.0764. The highest BCUT2D eigenvalue weighted by molar-refractivity contribution is 6.36. The second-order valence-electron chi connectivity index (χ2n) is 14.5. The molecule has 0 fully saturated rings. The van der Waals surface area contributed by atoms with Gasteiger partial charge in [-0.15, -0.1) is 0 Å². The van der Waals surface area contributed by atoms with Gasteiger partial charge < -0.3 is 19.4 Å². The number of aromatic nitrogens is 2. The van der Waals surface area contributed by atoms with Gasteiger partial charge in [-0.2, -0.15) is 0 Å². The lowest BCUT2D eigenvalue weighted by molar-refractivity contribution is -0.149. The Bertz CT molecular complexity index is 2750. The minimum absolute atomic E-state index is 0.0382. The highest BCUT2D eigenvalue weighted by Gasteiger charge is 2.56. The fourth-order valence-corrected chi connectivity index (χ4v) is 9.04. The van der Waals surface area contributed by atoms with Crippen molar-refractivity contribution < 1.29 is 38.2 Å². The maximum absolute atomic E-state index is 15.5. The van der Waals surface area contributed by atoms with Gasteiger partial charge in [-0.1, -0.05) is 97.1 Å². The minimum Gasteiger partial charge on any atom is -0.467 e. The molecule has 12 nitrogen and oxygen atoms in total. The molecule has 4 aromatic carbocycles. The number of carbonyl (C=O) groups excluding carboxylic acids is 6. The number of esters is 2. The van der Waals surface area contributed by atoms with Crippen molar-refractivity contribution in [3.63, 3.8) is 0 Å². The predicted octanol–water partition coefficient (Wildman–Crippen LogP) is 5.71. The van der Waals surface area contributed by atoms with Gasteiger partial charge in [0.15, 0.2) is 11.6 Å². The summed E-state index contributed by atoms with van der Waals surface area (Å²) in [6, 6.07) is 29.0. The van der Waals surface area contributed by atoms with E-state index < -0.39 is 47.4 Å². The highest BCUT2D eigenvalue weighted by Crippen LogP contribution is 2.52. The van der Waals surface area contributed by atoms with Gasteiger partial charge in [-0.05, 0) is 23.3 Å². The molecule has 0 aliphatic carbocycles. The van der Waals surface area contributed by atoms with Gasteiger partial charge in [0.1, 0.15) is 12.1 Å². The number of nitrogens with one attached hydrogen (secondary N) is 2. The number of H-pyrrole nitrogens is 2. The van der Waals surface area contributed by atoms with Gasteiger partial charge in [0, 0.05) is 45.8 Å². The van der Waals surface area contributed by atoms with Gasteiger partial charge in [-0.25, -0.2) is 9.59 Å². The van der Waals surface area contributed by atoms with E-state index in [1.165, 1.54) is 24.0 Å². The molecule has 0 unspecified atom stereocenters. The van der Waals surface area contributed by atoms with Crippen molar-refractivity contribution in [3.8, 4) is 0 Å². The molecule has 58 heavy (non-hydrogen) atoms. The van der Waals surface area contributed by atoms with Crippen molar-refractivity contribution in [2.45, 2.75) is 24.9 Å². The number of methoxy groups -OCH3 is 2. The number of hydrogen-bond donors (Lipinski definition) is 2. The second-order valence-corrected chi connectivity index (χ2v) is 14.5. The van der Waals surface area contributed by atoms with E-state index in [2.05, 4.69) is 9.97 Å². The smallest absolute Gasteiger partial charge is 0.329 e. The molecule has 2 amide bonds. The first-order chi connectivity index (χ1) is 28.2. The lowest BCUT2D eigenvalue weighted by Crippen LogP contribution is -2.47. The molecule has 10 rings (SSSR count). The van der Waals surface area contributed by atoms with E-state index in [1.54, 1.807) is 60.7 Å². The Morgan fingerprint density at radius 2 is 0.897 bits per heavy atom. The molecule has 6 aromatic rings. The number of aromatic amines is 2. The summed E-state index contributed by atoms with van der Waals surface area (Å²) in [7, 11) is 2.44. The van der Waals surface area contributed by atoms with Crippen LogP contribution in [0, 0.1) is 0 Å². The van der Waals surface area contributed by atoms with Gasteiger partial charge in [0.05, 0.1) is 59.3 Å². The molecule has 2 aromatic heterocycles. The molecule has 0 radical (unpaired) electrons. The van der Waals surface area contributed by atoms with E-state index >= 15 is 19.2 Å². The molecule has 0 spiro atoms. The van der Waals surface area contributed by atoms with Gasteiger partial charge in [0.25, 0.3) is 11.8 Å². The van der Waals surface area contributed by atoms with Crippen molar-refractivity contribution >= 4 is 68.5 Å². The lowest BCUT2D eigenvalue weighted by Gasteiger charge is -2.33. The Morgan fingerprint density at radius 3 is 1.28 bits per heavy atom. The zero-order valence-electron chi connectivity index (χ0n) is 31.1. The predicted molar refractivity (Wildman–Crippen MR) is 212 cm³/mol. The van der Waals surface area contributed by atoms with Crippen LogP contribution in [0.25, 0.3) is 33.2 Å². The van der Waals surface area contributed by atoms with Crippen LogP contribution in [0.3, 0.4) is 0 Å². The number of amides is 2. The Morgan fingerprint density at radius 1 is 0.534 bits per heavy atom. The van der Waals surface area contributed by atoms with Crippen LogP contribution in [-0.2, 0) is 41.5 Å². The van der Waals surface area contributed by atoms with Crippen LogP contribution >= 0.6 is 0 Å². The quantitative estimate of drug-likeness (QED) is 0.124. The third kappa shape index (κ3) is 4.81. The highest BCUT2D eigenvalue weighted by atomic mass is 16.5. The van der Waals surface area contributed by atoms with Crippen LogP contribution in [-0.4, -0.2) is 81.4 Å². The molecule has 4 aliphatic rings. The van der Waals surface area contributed by atoms with E-state index in [0.717, 1.165) is 10.8 Å². The van der Waals surface area contributed by atoms with Crippen LogP contribution in [0.5, 0.6) is 0 Å². The number of ketones is 2. The number of ether oxygens (including phenoxy) is 2. The number of rotatable bonds is 6.